The van der Waals surface area contributed by atoms with Crippen molar-refractivity contribution in [1.82, 2.24) is 4.90 Å². The Labute approximate surface area is 80.9 Å². The predicted octanol–water partition coefficient (Wildman–Crippen LogP) is 2.61. The molecule has 0 bridgehead atoms. The summed E-state index contributed by atoms with van der Waals surface area (Å²) in [4.78, 5) is 2.50. The van der Waals surface area contributed by atoms with Gasteiger partial charge < -0.3 is 4.90 Å². The maximum absolute atomic E-state index is 2.50. The SMILES string of the molecule is CN1CCC[C@H]1CSC(C)(C)C. The van der Waals surface area contributed by atoms with Crippen LogP contribution < -0.4 is 0 Å². The molecule has 0 spiro atoms. The molecule has 0 N–H and O–H groups in total. The monoisotopic (exact) mass is 187 g/mol. The molecule has 0 amide bonds. The van der Waals surface area contributed by atoms with Gasteiger partial charge in [-0.1, -0.05) is 20.8 Å². The van der Waals surface area contributed by atoms with Gasteiger partial charge in [0, 0.05) is 16.5 Å². The average Bonchev–Trinajstić information content (AvgIpc) is 2.29. The molecule has 0 saturated carbocycles. The van der Waals surface area contributed by atoms with Gasteiger partial charge in [0.1, 0.15) is 0 Å². The van der Waals surface area contributed by atoms with E-state index in [9.17, 15) is 0 Å². The molecule has 1 heterocycles. The van der Waals surface area contributed by atoms with Gasteiger partial charge >= 0.3 is 0 Å². The quantitative estimate of drug-likeness (QED) is 0.654. The second-order valence-corrected chi connectivity index (χ2v) is 6.55. The van der Waals surface area contributed by atoms with E-state index in [1.54, 1.807) is 0 Å². The van der Waals surface area contributed by atoms with E-state index in [0.717, 1.165) is 6.04 Å². The van der Waals surface area contributed by atoms with Gasteiger partial charge in [0.25, 0.3) is 0 Å². The largest absolute Gasteiger partial charge is 0.303 e. The van der Waals surface area contributed by atoms with Gasteiger partial charge in [-0.2, -0.15) is 11.8 Å². The molecule has 1 saturated heterocycles. The van der Waals surface area contributed by atoms with Crippen LogP contribution in [0.4, 0.5) is 0 Å². The number of rotatable bonds is 2. The first-order chi connectivity index (χ1) is 5.49. The smallest absolute Gasteiger partial charge is 0.0184 e. The van der Waals surface area contributed by atoms with E-state index in [0.29, 0.717) is 4.75 Å². The van der Waals surface area contributed by atoms with Gasteiger partial charge in [-0.15, -0.1) is 0 Å². The van der Waals surface area contributed by atoms with Crippen molar-refractivity contribution >= 4 is 11.8 Å². The van der Waals surface area contributed by atoms with Crippen LogP contribution in [0.5, 0.6) is 0 Å². The second-order valence-electron chi connectivity index (χ2n) is 4.70. The van der Waals surface area contributed by atoms with Gasteiger partial charge in [-0.3, -0.25) is 0 Å². The van der Waals surface area contributed by atoms with Gasteiger partial charge in [0.15, 0.2) is 0 Å². The summed E-state index contributed by atoms with van der Waals surface area (Å²) in [5, 5.41) is 0. The van der Waals surface area contributed by atoms with Crippen LogP contribution in [0, 0.1) is 0 Å². The minimum Gasteiger partial charge on any atom is -0.303 e. The van der Waals surface area contributed by atoms with Crippen molar-refractivity contribution in [3.63, 3.8) is 0 Å². The van der Waals surface area contributed by atoms with Crippen molar-refractivity contribution in [1.29, 1.82) is 0 Å². The summed E-state index contributed by atoms with van der Waals surface area (Å²) in [6.45, 7) is 8.20. The molecule has 0 unspecified atom stereocenters. The number of hydrogen-bond acceptors (Lipinski definition) is 2. The fourth-order valence-electron chi connectivity index (χ4n) is 1.54. The Kier molecular flexibility index (Phi) is 3.47. The lowest BCUT2D eigenvalue weighted by molar-refractivity contribution is 0.334. The molecule has 1 atom stereocenters. The van der Waals surface area contributed by atoms with E-state index in [4.69, 9.17) is 0 Å². The van der Waals surface area contributed by atoms with Crippen LogP contribution in [0.3, 0.4) is 0 Å². The molecule has 1 fully saturated rings. The summed E-state index contributed by atoms with van der Waals surface area (Å²) in [6, 6.07) is 0.842. The van der Waals surface area contributed by atoms with E-state index < -0.39 is 0 Å². The van der Waals surface area contributed by atoms with Crippen LogP contribution in [0.25, 0.3) is 0 Å². The number of likely N-dealkylation sites (tertiary alicyclic amines) is 1. The molecule has 1 aliphatic rings. The third-order valence-corrected chi connectivity index (χ3v) is 3.80. The van der Waals surface area contributed by atoms with Crippen LogP contribution in [0.1, 0.15) is 33.6 Å². The Morgan fingerprint density at radius 3 is 2.50 bits per heavy atom. The number of nitrogens with zero attached hydrogens (tertiary/aromatic N) is 1. The van der Waals surface area contributed by atoms with Gasteiger partial charge in [0.05, 0.1) is 0 Å². The van der Waals surface area contributed by atoms with E-state index in [1.807, 2.05) is 0 Å². The zero-order valence-electron chi connectivity index (χ0n) is 8.76. The fourth-order valence-corrected chi connectivity index (χ4v) is 2.65. The van der Waals surface area contributed by atoms with Crippen molar-refractivity contribution in [2.24, 2.45) is 0 Å². The van der Waals surface area contributed by atoms with Gasteiger partial charge in [-0.05, 0) is 26.4 Å². The first-order valence-electron chi connectivity index (χ1n) is 4.83. The Morgan fingerprint density at radius 2 is 2.08 bits per heavy atom. The molecular weight excluding hydrogens is 166 g/mol. The van der Waals surface area contributed by atoms with Crippen LogP contribution in [0.2, 0.25) is 0 Å². The molecule has 0 aromatic rings. The van der Waals surface area contributed by atoms with Crippen LogP contribution in [-0.4, -0.2) is 35.0 Å². The van der Waals surface area contributed by atoms with Crippen LogP contribution >= 0.6 is 11.8 Å². The molecule has 1 aliphatic heterocycles. The number of hydrogen-bond donors (Lipinski definition) is 0. The lowest BCUT2D eigenvalue weighted by Crippen LogP contribution is -2.28. The zero-order valence-corrected chi connectivity index (χ0v) is 9.58. The highest BCUT2D eigenvalue weighted by molar-refractivity contribution is 8.00. The third kappa shape index (κ3) is 3.36. The molecule has 12 heavy (non-hydrogen) atoms. The summed E-state index contributed by atoms with van der Waals surface area (Å²) in [7, 11) is 2.25. The van der Waals surface area contributed by atoms with Crippen LogP contribution in [-0.2, 0) is 0 Å². The highest BCUT2D eigenvalue weighted by atomic mass is 32.2. The third-order valence-electron chi connectivity index (χ3n) is 2.38. The van der Waals surface area contributed by atoms with Crippen LogP contribution in [0.15, 0.2) is 0 Å². The topological polar surface area (TPSA) is 3.24 Å². The van der Waals surface area contributed by atoms with Crippen molar-refractivity contribution in [3.05, 3.63) is 0 Å². The summed E-state index contributed by atoms with van der Waals surface area (Å²) in [5.74, 6) is 1.31. The normalized spacial score (nSPS) is 26.5. The van der Waals surface area contributed by atoms with E-state index >= 15 is 0 Å². The Hall–Kier alpha value is 0.310. The predicted molar refractivity (Wildman–Crippen MR) is 57.9 cm³/mol. The molecular formula is C10H21NS. The Bertz CT molecular complexity index is 139. The maximum atomic E-state index is 2.50. The summed E-state index contributed by atoms with van der Waals surface area (Å²) < 4.78 is 0.434. The highest BCUT2D eigenvalue weighted by Gasteiger charge is 2.22. The lowest BCUT2D eigenvalue weighted by atomic mass is 10.2. The van der Waals surface area contributed by atoms with E-state index in [-0.39, 0.29) is 0 Å². The van der Waals surface area contributed by atoms with Gasteiger partial charge in [0.2, 0.25) is 0 Å². The molecule has 0 aromatic carbocycles. The summed E-state index contributed by atoms with van der Waals surface area (Å²) >= 11 is 2.09. The highest BCUT2D eigenvalue weighted by Crippen LogP contribution is 2.27. The van der Waals surface area contributed by atoms with Gasteiger partial charge in [-0.25, -0.2) is 0 Å². The Balaban J connectivity index is 2.23. The molecule has 0 aliphatic carbocycles. The first-order valence-corrected chi connectivity index (χ1v) is 5.82. The second kappa shape index (κ2) is 4.01. The van der Waals surface area contributed by atoms with E-state index in [1.165, 1.54) is 25.1 Å². The lowest BCUT2D eigenvalue weighted by Gasteiger charge is -2.24. The molecule has 0 aromatic heterocycles. The average molecular weight is 187 g/mol. The van der Waals surface area contributed by atoms with Crippen molar-refractivity contribution < 1.29 is 0 Å². The van der Waals surface area contributed by atoms with Crippen molar-refractivity contribution in [2.75, 3.05) is 19.3 Å². The Morgan fingerprint density at radius 1 is 1.42 bits per heavy atom. The standard InChI is InChI=1S/C10H21NS/c1-10(2,3)12-8-9-6-5-7-11(9)4/h9H,5-8H2,1-4H3/t9-/m0/s1. The van der Waals surface area contributed by atoms with E-state index in [2.05, 4.69) is 44.5 Å². The van der Waals surface area contributed by atoms with Crippen molar-refractivity contribution in [3.8, 4) is 0 Å². The summed E-state index contributed by atoms with van der Waals surface area (Å²) in [5.41, 5.74) is 0. The molecule has 1 nitrogen and oxygen atoms in total. The molecule has 72 valence electrons. The molecule has 0 radical (unpaired) electrons. The zero-order chi connectivity index (χ0) is 9.19. The van der Waals surface area contributed by atoms with Crippen molar-refractivity contribution in [2.45, 2.75) is 44.4 Å². The number of thioether (sulfide) groups is 1. The summed E-state index contributed by atoms with van der Waals surface area (Å²) in [6.07, 6.45) is 2.80. The molecule has 2 heteroatoms. The fraction of sp³-hybridized carbons (Fsp3) is 1.00. The minimum absolute atomic E-state index is 0.434. The first kappa shape index (κ1) is 10.4. The minimum atomic E-state index is 0.434. The molecule has 1 rings (SSSR count). The maximum Gasteiger partial charge on any atom is 0.0184 e.